The maximum absolute atomic E-state index is 13.2. The Hall–Kier alpha value is -2.34. The van der Waals surface area contributed by atoms with Gasteiger partial charge in [-0.1, -0.05) is 30.3 Å². The summed E-state index contributed by atoms with van der Waals surface area (Å²) >= 11 is 0. The highest BCUT2D eigenvalue weighted by atomic mass is 19.4. The van der Waals surface area contributed by atoms with E-state index >= 15 is 0 Å². The normalized spacial score (nSPS) is 20.7. The summed E-state index contributed by atoms with van der Waals surface area (Å²) in [6.45, 7) is 3.66. The fourth-order valence-corrected chi connectivity index (χ4v) is 4.26. The predicted octanol–water partition coefficient (Wildman–Crippen LogP) is 4.68. The number of benzene rings is 2. The van der Waals surface area contributed by atoms with Crippen LogP contribution in [0.2, 0.25) is 0 Å². The second-order valence-electron chi connectivity index (χ2n) is 7.56. The van der Waals surface area contributed by atoms with Gasteiger partial charge in [-0.15, -0.1) is 0 Å². The molecule has 2 aromatic carbocycles. The molecule has 4 rings (SSSR count). The minimum atomic E-state index is -4.37. The molecule has 0 saturated carbocycles. The molecule has 2 aliphatic rings. The van der Waals surface area contributed by atoms with Crippen molar-refractivity contribution in [3.63, 3.8) is 0 Å². The smallest absolute Gasteiger partial charge is 0.337 e. The molecule has 0 spiro atoms. The quantitative estimate of drug-likeness (QED) is 0.762. The van der Waals surface area contributed by atoms with E-state index < -0.39 is 11.7 Å². The van der Waals surface area contributed by atoms with Gasteiger partial charge in [-0.25, -0.2) is 0 Å². The van der Waals surface area contributed by atoms with Crippen LogP contribution in [0.5, 0.6) is 0 Å². The first-order chi connectivity index (χ1) is 13.4. The molecule has 0 N–H and O–H groups in total. The van der Waals surface area contributed by atoms with Gasteiger partial charge in [0.15, 0.2) is 0 Å². The van der Waals surface area contributed by atoms with Crippen LogP contribution in [0.25, 0.3) is 11.1 Å². The van der Waals surface area contributed by atoms with Crippen LogP contribution in [-0.4, -0.2) is 47.9 Å². The summed E-state index contributed by atoms with van der Waals surface area (Å²) in [5, 5.41) is 0. The second kappa shape index (κ2) is 7.59. The maximum Gasteiger partial charge on any atom is 0.416 e. The second-order valence-corrected chi connectivity index (χ2v) is 7.56. The van der Waals surface area contributed by atoms with Crippen LogP contribution in [0.4, 0.5) is 13.2 Å². The van der Waals surface area contributed by atoms with Crippen LogP contribution >= 0.6 is 0 Å². The molecule has 6 heteroatoms. The summed E-state index contributed by atoms with van der Waals surface area (Å²) in [6.07, 6.45) is -0.940. The van der Waals surface area contributed by atoms with Crippen molar-refractivity contribution in [1.29, 1.82) is 0 Å². The van der Waals surface area contributed by atoms with E-state index in [9.17, 15) is 18.0 Å². The molecule has 0 radical (unpaired) electrons. The number of rotatable bonds is 3. The molecule has 3 nitrogen and oxygen atoms in total. The Bertz CT molecular complexity index is 842. The number of carbonyl (C=O) groups excluding carboxylic acids is 1. The molecule has 2 aromatic rings. The maximum atomic E-state index is 13.2. The molecule has 0 bridgehead atoms. The van der Waals surface area contributed by atoms with E-state index in [2.05, 4.69) is 4.90 Å². The van der Waals surface area contributed by atoms with E-state index in [1.54, 1.807) is 24.3 Å². The summed E-state index contributed by atoms with van der Waals surface area (Å²) < 4.78 is 38.5. The molecule has 2 heterocycles. The van der Waals surface area contributed by atoms with E-state index in [0.717, 1.165) is 44.7 Å². The zero-order chi connectivity index (χ0) is 19.7. The number of nitrogens with zero attached hydrogens (tertiary/aromatic N) is 2. The standard InChI is InChI=1S/C22H23F3N2O/c23-22(24,25)17-9-7-16(8-10-17)19-5-1-2-6-20(19)21(28)27-14-11-18(15-27)26-12-3-4-13-26/h1-2,5-10,18H,3-4,11-15H2. The molecule has 1 atom stereocenters. The van der Waals surface area contributed by atoms with E-state index in [-0.39, 0.29) is 5.91 Å². The molecule has 1 unspecified atom stereocenters. The third-order valence-corrected chi connectivity index (χ3v) is 5.79. The highest BCUT2D eigenvalue weighted by Crippen LogP contribution is 2.32. The highest BCUT2D eigenvalue weighted by molar-refractivity contribution is 6.01. The third kappa shape index (κ3) is 3.78. The molecular weight excluding hydrogens is 365 g/mol. The number of halogens is 3. The van der Waals surface area contributed by atoms with Crippen molar-refractivity contribution in [2.24, 2.45) is 0 Å². The Balaban J connectivity index is 1.55. The van der Waals surface area contributed by atoms with Crippen molar-refractivity contribution < 1.29 is 18.0 Å². The van der Waals surface area contributed by atoms with Crippen molar-refractivity contribution in [1.82, 2.24) is 9.80 Å². The van der Waals surface area contributed by atoms with Crippen LogP contribution in [0, 0.1) is 0 Å². The Morgan fingerprint density at radius 3 is 2.29 bits per heavy atom. The summed E-state index contributed by atoms with van der Waals surface area (Å²) in [4.78, 5) is 17.5. The first-order valence-electron chi connectivity index (χ1n) is 9.73. The number of hydrogen-bond acceptors (Lipinski definition) is 2. The van der Waals surface area contributed by atoms with E-state index in [0.29, 0.717) is 22.7 Å². The van der Waals surface area contributed by atoms with Crippen molar-refractivity contribution in [3.05, 3.63) is 59.7 Å². The average Bonchev–Trinajstić information content (AvgIpc) is 3.38. The number of amides is 1. The molecule has 1 amide bonds. The summed E-state index contributed by atoms with van der Waals surface area (Å²) in [7, 11) is 0. The molecule has 2 fully saturated rings. The average molecular weight is 388 g/mol. The topological polar surface area (TPSA) is 23.6 Å². The van der Waals surface area contributed by atoms with E-state index in [1.807, 2.05) is 4.90 Å². The minimum absolute atomic E-state index is 0.0443. The Morgan fingerprint density at radius 2 is 1.61 bits per heavy atom. The van der Waals surface area contributed by atoms with Gasteiger partial charge in [0.05, 0.1) is 5.56 Å². The predicted molar refractivity (Wildman–Crippen MR) is 102 cm³/mol. The van der Waals surface area contributed by atoms with Gasteiger partial charge in [-0.05, 0) is 61.7 Å². The molecule has 148 valence electrons. The number of carbonyl (C=O) groups is 1. The summed E-state index contributed by atoms with van der Waals surface area (Å²) in [5.41, 5.74) is 1.15. The number of likely N-dealkylation sites (tertiary alicyclic amines) is 2. The SMILES string of the molecule is O=C(c1ccccc1-c1ccc(C(F)(F)F)cc1)N1CCC(N2CCCC2)C1. The van der Waals surface area contributed by atoms with Gasteiger partial charge in [0.25, 0.3) is 5.91 Å². The Labute approximate surface area is 162 Å². The molecule has 2 aliphatic heterocycles. The Kier molecular flexibility index (Phi) is 5.15. The zero-order valence-corrected chi connectivity index (χ0v) is 15.6. The van der Waals surface area contributed by atoms with Crippen LogP contribution in [0.15, 0.2) is 48.5 Å². The molecular formula is C22H23F3N2O. The van der Waals surface area contributed by atoms with Gasteiger partial charge >= 0.3 is 6.18 Å². The van der Waals surface area contributed by atoms with Gasteiger partial charge in [-0.3, -0.25) is 9.69 Å². The van der Waals surface area contributed by atoms with E-state index in [1.165, 1.54) is 25.0 Å². The number of hydrogen-bond donors (Lipinski definition) is 0. The van der Waals surface area contributed by atoms with Crippen LogP contribution in [0.1, 0.15) is 35.2 Å². The molecule has 0 aliphatic carbocycles. The van der Waals surface area contributed by atoms with Gasteiger partial charge in [0, 0.05) is 24.7 Å². The fraction of sp³-hybridized carbons (Fsp3) is 0.409. The lowest BCUT2D eigenvalue weighted by molar-refractivity contribution is -0.137. The minimum Gasteiger partial charge on any atom is -0.337 e. The molecule has 0 aromatic heterocycles. The Morgan fingerprint density at radius 1 is 0.929 bits per heavy atom. The van der Waals surface area contributed by atoms with Gasteiger partial charge in [0.2, 0.25) is 0 Å². The molecule has 2 saturated heterocycles. The largest absolute Gasteiger partial charge is 0.416 e. The fourth-order valence-electron chi connectivity index (χ4n) is 4.26. The van der Waals surface area contributed by atoms with Gasteiger partial charge < -0.3 is 4.90 Å². The van der Waals surface area contributed by atoms with E-state index in [4.69, 9.17) is 0 Å². The highest BCUT2D eigenvalue weighted by Gasteiger charge is 2.33. The van der Waals surface area contributed by atoms with Gasteiger partial charge in [-0.2, -0.15) is 13.2 Å². The zero-order valence-electron chi connectivity index (χ0n) is 15.6. The lowest BCUT2D eigenvalue weighted by atomic mass is 9.98. The lowest BCUT2D eigenvalue weighted by Crippen LogP contribution is -2.37. The first kappa shape index (κ1) is 19.0. The van der Waals surface area contributed by atoms with Crippen LogP contribution < -0.4 is 0 Å². The molecule has 28 heavy (non-hydrogen) atoms. The monoisotopic (exact) mass is 388 g/mol. The summed E-state index contributed by atoms with van der Waals surface area (Å²) in [6, 6.07) is 12.6. The van der Waals surface area contributed by atoms with Crippen LogP contribution in [-0.2, 0) is 6.18 Å². The van der Waals surface area contributed by atoms with Crippen molar-refractivity contribution in [2.45, 2.75) is 31.5 Å². The summed E-state index contributed by atoms with van der Waals surface area (Å²) in [5.74, 6) is -0.0443. The van der Waals surface area contributed by atoms with Crippen molar-refractivity contribution in [2.75, 3.05) is 26.2 Å². The van der Waals surface area contributed by atoms with Crippen molar-refractivity contribution >= 4 is 5.91 Å². The van der Waals surface area contributed by atoms with Gasteiger partial charge in [0.1, 0.15) is 0 Å². The first-order valence-corrected chi connectivity index (χ1v) is 9.73. The van der Waals surface area contributed by atoms with Crippen molar-refractivity contribution in [3.8, 4) is 11.1 Å². The third-order valence-electron chi connectivity index (χ3n) is 5.79. The van der Waals surface area contributed by atoms with Crippen LogP contribution in [0.3, 0.4) is 0 Å². The number of alkyl halides is 3. The lowest BCUT2D eigenvalue weighted by Gasteiger charge is -2.24.